The van der Waals surface area contributed by atoms with Gasteiger partial charge in [0.2, 0.25) is 15.9 Å². The molecular formula is C17H25ClN2O4S. The quantitative estimate of drug-likeness (QED) is 0.720. The third-order valence-corrected chi connectivity index (χ3v) is 5.77. The highest BCUT2D eigenvalue weighted by atomic mass is 35.5. The van der Waals surface area contributed by atoms with Crippen molar-refractivity contribution in [1.29, 1.82) is 0 Å². The fourth-order valence-corrected chi connectivity index (χ4v) is 4.18. The lowest BCUT2D eigenvalue weighted by molar-refractivity contribution is -0.132. The van der Waals surface area contributed by atoms with Crippen LogP contribution in [0, 0.1) is 0 Å². The highest BCUT2D eigenvalue weighted by Gasteiger charge is 2.20. The lowest BCUT2D eigenvalue weighted by Gasteiger charge is -2.27. The zero-order valence-electron chi connectivity index (χ0n) is 14.7. The Kier molecular flexibility index (Phi) is 6.95. The molecule has 1 heterocycles. The molecule has 0 atom stereocenters. The number of sulfonamides is 1. The van der Waals surface area contributed by atoms with Gasteiger partial charge in [0, 0.05) is 26.1 Å². The number of hydrogen-bond acceptors (Lipinski definition) is 4. The van der Waals surface area contributed by atoms with Crippen LogP contribution < -0.4 is 9.04 Å². The average Bonchev–Trinajstić information content (AvgIpc) is 2.58. The van der Waals surface area contributed by atoms with E-state index < -0.39 is 10.0 Å². The zero-order valence-corrected chi connectivity index (χ0v) is 16.3. The largest absolute Gasteiger partial charge is 0.495 e. The second kappa shape index (κ2) is 8.76. The molecule has 1 aromatic carbocycles. The number of halogens is 1. The molecule has 6 nitrogen and oxygen atoms in total. The molecule has 1 aromatic rings. The molecule has 0 aromatic heterocycles. The van der Waals surface area contributed by atoms with Crippen LogP contribution in [0.25, 0.3) is 0 Å². The van der Waals surface area contributed by atoms with Gasteiger partial charge in [0.05, 0.1) is 24.1 Å². The van der Waals surface area contributed by atoms with Crippen LogP contribution in [-0.4, -0.2) is 52.2 Å². The van der Waals surface area contributed by atoms with E-state index in [0.717, 1.165) is 32.2 Å². The predicted octanol–water partition coefficient (Wildman–Crippen LogP) is 2.91. The monoisotopic (exact) mass is 388 g/mol. The number of carbonyl (C=O) groups is 1. The molecule has 1 aliphatic heterocycles. The van der Waals surface area contributed by atoms with Crippen molar-refractivity contribution in [3.05, 3.63) is 23.2 Å². The van der Waals surface area contributed by atoms with Gasteiger partial charge in [-0.15, -0.1) is 0 Å². The van der Waals surface area contributed by atoms with Gasteiger partial charge in [-0.1, -0.05) is 11.6 Å². The molecule has 0 saturated carbocycles. The number of carbonyl (C=O) groups excluding carboxylic acids is 1. The van der Waals surface area contributed by atoms with E-state index in [0.29, 0.717) is 29.3 Å². The fraction of sp³-hybridized carbons (Fsp3) is 0.588. The van der Waals surface area contributed by atoms with Crippen LogP contribution >= 0.6 is 11.6 Å². The van der Waals surface area contributed by atoms with Gasteiger partial charge in [-0.3, -0.25) is 9.10 Å². The van der Waals surface area contributed by atoms with Crippen molar-refractivity contribution >= 4 is 33.2 Å². The number of likely N-dealkylation sites (tertiary alicyclic amines) is 1. The second-order valence-electron chi connectivity index (χ2n) is 6.20. The lowest BCUT2D eigenvalue weighted by Crippen LogP contribution is -2.36. The van der Waals surface area contributed by atoms with Crippen molar-refractivity contribution in [2.45, 2.75) is 32.1 Å². The number of rotatable bonds is 7. The fourth-order valence-electron chi connectivity index (χ4n) is 2.97. The van der Waals surface area contributed by atoms with Crippen LogP contribution in [0.15, 0.2) is 18.2 Å². The van der Waals surface area contributed by atoms with E-state index >= 15 is 0 Å². The van der Waals surface area contributed by atoms with Crippen molar-refractivity contribution in [3.8, 4) is 5.75 Å². The van der Waals surface area contributed by atoms with Gasteiger partial charge in [-0.05, 0) is 43.9 Å². The van der Waals surface area contributed by atoms with E-state index in [4.69, 9.17) is 16.3 Å². The third kappa shape index (κ3) is 5.51. The Labute approximate surface area is 154 Å². The summed E-state index contributed by atoms with van der Waals surface area (Å²) in [6.45, 7) is 1.85. The van der Waals surface area contributed by atoms with E-state index in [2.05, 4.69) is 0 Å². The summed E-state index contributed by atoms with van der Waals surface area (Å²) >= 11 is 6.10. The topological polar surface area (TPSA) is 66.9 Å². The number of benzene rings is 1. The summed E-state index contributed by atoms with van der Waals surface area (Å²) in [4.78, 5) is 14.1. The van der Waals surface area contributed by atoms with Crippen LogP contribution in [0.1, 0.15) is 32.1 Å². The van der Waals surface area contributed by atoms with Crippen molar-refractivity contribution in [3.63, 3.8) is 0 Å². The Balaban J connectivity index is 2.01. The van der Waals surface area contributed by atoms with Crippen molar-refractivity contribution in [1.82, 2.24) is 4.90 Å². The minimum atomic E-state index is -3.47. The number of anilines is 1. The molecule has 0 spiro atoms. The van der Waals surface area contributed by atoms with Crippen LogP contribution in [0.3, 0.4) is 0 Å². The number of amides is 1. The molecule has 0 bridgehead atoms. The Hall–Kier alpha value is -1.47. The summed E-state index contributed by atoms with van der Waals surface area (Å²) in [6.07, 6.45) is 5.22. The van der Waals surface area contributed by atoms with E-state index in [-0.39, 0.29) is 12.5 Å². The first-order valence-corrected chi connectivity index (χ1v) is 10.6. The molecule has 0 unspecified atom stereocenters. The first kappa shape index (κ1) is 19.8. The molecule has 2 rings (SSSR count). The average molecular weight is 389 g/mol. The number of ether oxygens (including phenoxy) is 1. The summed E-state index contributed by atoms with van der Waals surface area (Å²) in [5.41, 5.74) is 0.471. The van der Waals surface area contributed by atoms with Gasteiger partial charge in [0.25, 0.3) is 0 Å². The van der Waals surface area contributed by atoms with Crippen LogP contribution in [0.5, 0.6) is 5.75 Å². The Morgan fingerprint density at radius 1 is 1.28 bits per heavy atom. The lowest BCUT2D eigenvalue weighted by atomic mass is 10.1. The summed E-state index contributed by atoms with van der Waals surface area (Å²) in [5, 5.41) is 0.345. The highest BCUT2D eigenvalue weighted by molar-refractivity contribution is 7.92. The summed E-state index contributed by atoms with van der Waals surface area (Å²) in [5.74, 6) is 0.583. The molecule has 25 heavy (non-hydrogen) atoms. The molecule has 1 aliphatic rings. The standard InChI is InChI=1S/C17H25ClN2O4S/c1-24-16-9-8-14(13-15(16)18)20(25(2,22)23)12-6-7-17(21)19-10-4-3-5-11-19/h8-9,13H,3-7,10-12H2,1-2H3. The SMILES string of the molecule is COc1ccc(N(CCCC(=O)N2CCCCC2)S(C)(=O)=O)cc1Cl. The Bertz CT molecular complexity index is 703. The normalized spacial score (nSPS) is 15.1. The molecular weight excluding hydrogens is 364 g/mol. The van der Waals surface area contributed by atoms with E-state index in [1.54, 1.807) is 18.2 Å². The Morgan fingerprint density at radius 3 is 2.52 bits per heavy atom. The maximum atomic E-state index is 12.2. The molecule has 0 radical (unpaired) electrons. The van der Waals surface area contributed by atoms with Crippen LogP contribution in [-0.2, 0) is 14.8 Å². The zero-order chi connectivity index (χ0) is 18.4. The van der Waals surface area contributed by atoms with Gasteiger partial charge in [0.15, 0.2) is 0 Å². The predicted molar refractivity (Wildman–Crippen MR) is 99.9 cm³/mol. The van der Waals surface area contributed by atoms with E-state index in [9.17, 15) is 13.2 Å². The minimum Gasteiger partial charge on any atom is -0.495 e. The summed E-state index contributed by atoms with van der Waals surface area (Å²) < 4.78 is 30.6. The first-order chi connectivity index (χ1) is 11.8. The summed E-state index contributed by atoms with van der Waals surface area (Å²) in [7, 11) is -1.97. The molecule has 0 aliphatic carbocycles. The molecule has 1 fully saturated rings. The van der Waals surface area contributed by atoms with Crippen LogP contribution in [0.2, 0.25) is 5.02 Å². The molecule has 1 amide bonds. The smallest absolute Gasteiger partial charge is 0.232 e. The van der Waals surface area contributed by atoms with Gasteiger partial charge in [-0.25, -0.2) is 8.42 Å². The van der Waals surface area contributed by atoms with Gasteiger partial charge >= 0.3 is 0 Å². The van der Waals surface area contributed by atoms with E-state index in [1.165, 1.54) is 17.8 Å². The number of nitrogens with zero attached hydrogens (tertiary/aromatic N) is 2. The molecule has 1 saturated heterocycles. The molecule has 8 heteroatoms. The number of piperidine rings is 1. The number of hydrogen-bond donors (Lipinski definition) is 0. The minimum absolute atomic E-state index is 0.0981. The molecule has 0 N–H and O–H groups in total. The number of methoxy groups -OCH3 is 1. The third-order valence-electron chi connectivity index (χ3n) is 4.28. The summed E-state index contributed by atoms with van der Waals surface area (Å²) in [6, 6.07) is 4.85. The second-order valence-corrected chi connectivity index (χ2v) is 8.51. The van der Waals surface area contributed by atoms with Gasteiger partial charge in [0.1, 0.15) is 5.75 Å². The highest BCUT2D eigenvalue weighted by Crippen LogP contribution is 2.30. The Morgan fingerprint density at radius 2 is 1.96 bits per heavy atom. The van der Waals surface area contributed by atoms with E-state index in [1.807, 2.05) is 4.90 Å². The maximum Gasteiger partial charge on any atom is 0.232 e. The first-order valence-electron chi connectivity index (χ1n) is 8.42. The van der Waals surface area contributed by atoms with Crippen molar-refractivity contribution in [2.75, 3.05) is 37.3 Å². The van der Waals surface area contributed by atoms with Gasteiger partial charge in [-0.2, -0.15) is 0 Å². The van der Waals surface area contributed by atoms with Crippen molar-refractivity contribution < 1.29 is 17.9 Å². The van der Waals surface area contributed by atoms with Gasteiger partial charge < -0.3 is 9.64 Å². The van der Waals surface area contributed by atoms with Crippen molar-refractivity contribution in [2.24, 2.45) is 0 Å². The van der Waals surface area contributed by atoms with Crippen LogP contribution in [0.4, 0.5) is 5.69 Å². The maximum absolute atomic E-state index is 12.2. The molecule has 140 valence electrons.